The lowest BCUT2D eigenvalue weighted by atomic mass is 10.0. The van der Waals surface area contributed by atoms with Gasteiger partial charge in [-0.15, -0.1) is 0 Å². The third kappa shape index (κ3) is 3.78. The normalized spacial score (nSPS) is 14.9. The van der Waals surface area contributed by atoms with Gasteiger partial charge in [0.2, 0.25) is 12.7 Å². The largest absolute Gasteiger partial charge is 0.497 e. The fourth-order valence-electron chi connectivity index (χ4n) is 4.34. The molecule has 0 unspecified atom stereocenters. The smallest absolute Gasteiger partial charge is 0.234 e. The number of benzene rings is 2. The summed E-state index contributed by atoms with van der Waals surface area (Å²) in [5, 5.41) is 3.57. The summed E-state index contributed by atoms with van der Waals surface area (Å²) in [4.78, 5) is 31.2. The molecule has 5 rings (SSSR count). The van der Waals surface area contributed by atoms with Crippen molar-refractivity contribution in [2.24, 2.45) is 0 Å². The molecule has 2 aliphatic rings. The van der Waals surface area contributed by atoms with Gasteiger partial charge in [0.15, 0.2) is 16.9 Å². The van der Waals surface area contributed by atoms with E-state index in [4.69, 9.17) is 14.2 Å². The number of rotatable bonds is 5. The molecule has 2 aromatic carbocycles. The second kappa shape index (κ2) is 8.20. The Balaban J connectivity index is 1.27. The summed E-state index contributed by atoms with van der Waals surface area (Å²) in [6.07, 6.45) is 0.696. The Bertz CT molecular complexity index is 1270. The van der Waals surface area contributed by atoms with Gasteiger partial charge in [-0.3, -0.25) is 14.5 Å². The first-order chi connectivity index (χ1) is 15.5. The van der Waals surface area contributed by atoms with Gasteiger partial charge >= 0.3 is 0 Å². The molecule has 0 bridgehead atoms. The van der Waals surface area contributed by atoms with Crippen LogP contribution in [0.2, 0.25) is 0 Å². The molecule has 3 aromatic rings. The van der Waals surface area contributed by atoms with E-state index >= 15 is 0 Å². The number of amides is 1. The van der Waals surface area contributed by atoms with Crippen LogP contribution in [0.1, 0.15) is 22.4 Å². The van der Waals surface area contributed by atoms with E-state index in [9.17, 15) is 9.59 Å². The van der Waals surface area contributed by atoms with Gasteiger partial charge in [-0.05, 0) is 42.3 Å². The van der Waals surface area contributed by atoms with Gasteiger partial charge in [-0.1, -0.05) is 6.07 Å². The van der Waals surface area contributed by atoms with Crippen LogP contribution < -0.4 is 25.0 Å². The van der Waals surface area contributed by atoms with Gasteiger partial charge in [0.25, 0.3) is 0 Å². The van der Waals surface area contributed by atoms with Crippen molar-refractivity contribution < 1.29 is 19.0 Å². The van der Waals surface area contributed by atoms with Gasteiger partial charge in [0.05, 0.1) is 19.2 Å². The van der Waals surface area contributed by atoms with Crippen molar-refractivity contribution in [3.8, 4) is 17.2 Å². The van der Waals surface area contributed by atoms with E-state index in [0.29, 0.717) is 42.9 Å². The van der Waals surface area contributed by atoms with Crippen LogP contribution in [0.5, 0.6) is 17.2 Å². The highest BCUT2D eigenvalue weighted by molar-refractivity contribution is 5.84. The van der Waals surface area contributed by atoms with E-state index in [-0.39, 0.29) is 24.7 Å². The highest BCUT2D eigenvalue weighted by Crippen LogP contribution is 2.32. The maximum Gasteiger partial charge on any atom is 0.234 e. The second-order valence-corrected chi connectivity index (χ2v) is 8.20. The summed E-state index contributed by atoms with van der Waals surface area (Å²) in [6.45, 7) is 3.98. The third-order valence-corrected chi connectivity index (χ3v) is 6.06. The molecule has 0 atom stereocenters. The highest BCUT2D eigenvalue weighted by Gasteiger charge is 2.23. The average molecular weight is 435 g/mol. The Morgan fingerprint density at radius 1 is 1.22 bits per heavy atom. The van der Waals surface area contributed by atoms with Crippen molar-refractivity contribution in [2.45, 2.75) is 26.4 Å². The van der Waals surface area contributed by atoms with Crippen LogP contribution in [0.3, 0.4) is 0 Å². The van der Waals surface area contributed by atoms with E-state index < -0.39 is 0 Å². The van der Waals surface area contributed by atoms with Crippen molar-refractivity contribution in [3.63, 3.8) is 0 Å². The zero-order valence-electron chi connectivity index (χ0n) is 18.1. The van der Waals surface area contributed by atoms with E-state index in [1.54, 1.807) is 13.2 Å². The second-order valence-electron chi connectivity index (χ2n) is 8.20. The molecule has 1 aromatic heterocycles. The molecule has 0 radical (unpaired) electrons. The van der Waals surface area contributed by atoms with Crippen molar-refractivity contribution >= 4 is 16.8 Å². The summed E-state index contributed by atoms with van der Waals surface area (Å²) < 4.78 is 16.0. The molecule has 0 fully saturated rings. The summed E-state index contributed by atoms with van der Waals surface area (Å²) in [5.41, 5.74) is 4.45. The molecule has 166 valence electrons. The van der Waals surface area contributed by atoms with Crippen molar-refractivity contribution in [3.05, 3.63) is 62.9 Å². The van der Waals surface area contributed by atoms with Gasteiger partial charge < -0.3 is 24.5 Å². The molecule has 8 heteroatoms. The lowest BCUT2D eigenvalue weighted by molar-refractivity contribution is -0.122. The molecule has 2 aliphatic heterocycles. The predicted octanol–water partition coefficient (Wildman–Crippen LogP) is 2.25. The van der Waals surface area contributed by atoms with Crippen molar-refractivity contribution in [1.82, 2.24) is 15.2 Å². The lowest BCUT2D eigenvalue weighted by Crippen LogP contribution is -2.41. The van der Waals surface area contributed by atoms with Crippen LogP contribution in [0, 0.1) is 6.92 Å². The molecule has 32 heavy (non-hydrogen) atoms. The number of methoxy groups -OCH3 is 1. The molecule has 0 saturated heterocycles. The lowest BCUT2D eigenvalue weighted by Gasteiger charge is -2.28. The number of pyridine rings is 1. The van der Waals surface area contributed by atoms with Crippen molar-refractivity contribution in [2.75, 3.05) is 27.0 Å². The first-order valence-corrected chi connectivity index (χ1v) is 10.6. The number of H-pyrrole nitrogens is 1. The number of aromatic amines is 1. The fraction of sp³-hybridized carbons (Fsp3) is 0.333. The fourth-order valence-corrected chi connectivity index (χ4v) is 4.34. The number of carbonyl (C=O) groups is 1. The number of fused-ring (bicyclic) bond motifs is 3. The number of aromatic nitrogens is 1. The number of nitrogens with zero attached hydrogens (tertiary/aromatic N) is 1. The Hall–Kier alpha value is -3.52. The Morgan fingerprint density at radius 3 is 2.91 bits per heavy atom. The monoisotopic (exact) mass is 435 g/mol. The van der Waals surface area contributed by atoms with Gasteiger partial charge in [0.1, 0.15) is 5.75 Å². The Labute approximate surface area is 185 Å². The van der Waals surface area contributed by atoms with Crippen molar-refractivity contribution in [1.29, 1.82) is 0 Å². The molecular weight excluding hydrogens is 410 g/mol. The van der Waals surface area contributed by atoms with E-state index in [1.165, 1.54) is 0 Å². The molecule has 3 heterocycles. The van der Waals surface area contributed by atoms with Crippen LogP contribution >= 0.6 is 0 Å². The SMILES string of the molecule is COc1cc(C)c2[nH]c3c(c(=O)c2c1)CN(CC(=O)NCc1ccc2c(c1)OCO2)CC3. The number of aryl methyl sites for hydroxylation is 1. The summed E-state index contributed by atoms with van der Waals surface area (Å²) in [7, 11) is 1.59. The van der Waals surface area contributed by atoms with E-state index in [2.05, 4.69) is 10.3 Å². The molecule has 8 nitrogen and oxygen atoms in total. The van der Waals surface area contributed by atoms with Crippen LogP contribution in [-0.2, 0) is 24.3 Å². The Kier molecular flexibility index (Phi) is 5.22. The number of hydrogen-bond acceptors (Lipinski definition) is 6. The molecule has 0 aliphatic carbocycles. The van der Waals surface area contributed by atoms with Gasteiger partial charge in [-0.2, -0.15) is 0 Å². The maximum atomic E-state index is 13.2. The molecule has 0 saturated carbocycles. The summed E-state index contributed by atoms with van der Waals surface area (Å²) >= 11 is 0. The number of hydrogen-bond donors (Lipinski definition) is 2. The molecule has 2 N–H and O–H groups in total. The Morgan fingerprint density at radius 2 is 2.06 bits per heavy atom. The zero-order chi connectivity index (χ0) is 22.2. The summed E-state index contributed by atoms with van der Waals surface area (Å²) in [5.74, 6) is 2.00. The van der Waals surface area contributed by atoms with Gasteiger partial charge in [0, 0.05) is 42.7 Å². The molecular formula is C24H25N3O5. The predicted molar refractivity (Wildman–Crippen MR) is 119 cm³/mol. The molecule has 1 amide bonds. The minimum atomic E-state index is -0.0825. The van der Waals surface area contributed by atoms with Crippen LogP contribution in [-0.4, -0.2) is 42.8 Å². The van der Waals surface area contributed by atoms with Gasteiger partial charge in [-0.25, -0.2) is 0 Å². The third-order valence-electron chi connectivity index (χ3n) is 6.06. The minimum Gasteiger partial charge on any atom is -0.497 e. The first kappa shape index (κ1) is 20.4. The van der Waals surface area contributed by atoms with Crippen LogP contribution in [0.15, 0.2) is 35.1 Å². The quantitative estimate of drug-likeness (QED) is 0.639. The highest BCUT2D eigenvalue weighted by atomic mass is 16.7. The van der Waals surface area contributed by atoms with Crippen LogP contribution in [0.4, 0.5) is 0 Å². The van der Waals surface area contributed by atoms with E-state index in [1.807, 2.05) is 36.1 Å². The first-order valence-electron chi connectivity index (χ1n) is 10.6. The van der Waals surface area contributed by atoms with E-state index in [0.717, 1.165) is 33.7 Å². The molecule has 0 spiro atoms. The number of carbonyl (C=O) groups excluding carboxylic acids is 1. The zero-order valence-corrected chi connectivity index (χ0v) is 18.1. The average Bonchev–Trinajstić information content (AvgIpc) is 3.26. The number of nitrogens with one attached hydrogen (secondary N) is 2. The topological polar surface area (TPSA) is 92.9 Å². The maximum absolute atomic E-state index is 13.2. The van der Waals surface area contributed by atoms with Crippen LogP contribution in [0.25, 0.3) is 10.9 Å². The summed E-state index contributed by atoms with van der Waals surface area (Å²) in [6, 6.07) is 9.33. The minimum absolute atomic E-state index is 0.00113. The number of ether oxygens (including phenoxy) is 3. The standard InChI is InChI=1S/C24H25N3O5/c1-14-7-16(30-2)9-17-23(14)26-19-5-6-27(11-18(19)24(17)29)12-22(28)25-10-15-3-4-20-21(8-15)32-13-31-20/h3-4,7-9H,5-6,10-13H2,1-2H3,(H,25,28)(H,26,29).